The summed E-state index contributed by atoms with van der Waals surface area (Å²) in [5, 5.41) is 3.22. The molecule has 1 aliphatic heterocycles. The van der Waals surface area contributed by atoms with Gasteiger partial charge in [-0.15, -0.1) is 11.3 Å². The fourth-order valence-electron chi connectivity index (χ4n) is 3.08. The Kier molecular flexibility index (Phi) is 6.85. The summed E-state index contributed by atoms with van der Waals surface area (Å²) in [7, 11) is 0. The van der Waals surface area contributed by atoms with Gasteiger partial charge in [0.05, 0.1) is 12.3 Å². The molecule has 0 bridgehead atoms. The SMILES string of the molecule is Cc1ccc(-c2nc(CN3CCCN(C(=O)OCC(C)C)CC3)cs2)cc1. The first-order valence-electron chi connectivity index (χ1n) is 9.67. The standard InChI is InChI=1S/C21H29N3O2S/c1-16(2)14-26-21(25)24-10-4-9-23(11-12-24)13-19-15-27-20(22-19)18-7-5-17(3)6-8-18/h5-8,15-16H,4,9-14H2,1-3H3. The number of nitrogens with zero attached hydrogens (tertiary/aromatic N) is 3. The highest BCUT2D eigenvalue weighted by Gasteiger charge is 2.21. The molecular weight excluding hydrogens is 358 g/mol. The highest BCUT2D eigenvalue weighted by molar-refractivity contribution is 7.13. The van der Waals surface area contributed by atoms with Crippen LogP contribution in [0.25, 0.3) is 10.6 Å². The molecule has 1 aromatic heterocycles. The molecule has 1 aliphatic rings. The Morgan fingerprint density at radius 2 is 1.96 bits per heavy atom. The third-order valence-corrected chi connectivity index (χ3v) is 5.56. The van der Waals surface area contributed by atoms with Crippen molar-refractivity contribution in [1.82, 2.24) is 14.8 Å². The summed E-state index contributed by atoms with van der Waals surface area (Å²) < 4.78 is 5.37. The number of aryl methyl sites for hydroxylation is 1. The summed E-state index contributed by atoms with van der Waals surface area (Å²) in [5.74, 6) is 0.366. The first-order chi connectivity index (χ1) is 13.0. The van der Waals surface area contributed by atoms with E-state index in [2.05, 4.69) is 55.3 Å². The summed E-state index contributed by atoms with van der Waals surface area (Å²) in [6.45, 7) is 10.8. The van der Waals surface area contributed by atoms with Crippen molar-refractivity contribution in [2.24, 2.45) is 5.92 Å². The molecule has 1 aromatic carbocycles. The summed E-state index contributed by atoms with van der Waals surface area (Å²) >= 11 is 1.69. The van der Waals surface area contributed by atoms with Crippen LogP contribution in [0, 0.1) is 12.8 Å². The van der Waals surface area contributed by atoms with E-state index in [4.69, 9.17) is 9.72 Å². The second kappa shape index (κ2) is 9.33. The highest BCUT2D eigenvalue weighted by Crippen LogP contribution is 2.24. The molecule has 0 atom stereocenters. The van der Waals surface area contributed by atoms with Gasteiger partial charge in [-0.2, -0.15) is 0 Å². The van der Waals surface area contributed by atoms with Crippen LogP contribution in [0.3, 0.4) is 0 Å². The number of benzene rings is 1. The quantitative estimate of drug-likeness (QED) is 0.762. The summed E-state index contributed by atoms with van der Waals surface area (Å²) in [6, 6.07) is 8.51. The Morgan fingerprint density at radius 3 is 2.70 bits per heavy atom. The van der Waals surface area contributed by atoms with Crippen LogP contribution in [-0.2, 0) is 11.3 Å². The van der Waals surface area contributed by atoms with E-state index in [1.807, 2.05) is 4.90 Å². The van der Waals surface area contributed by atoms with Crippen molar-refractivity contribution >= 4 is 17.4 Å². The monoisotopic (exact) mass is 387 g/mol. The van der Waals surface area contributed by atoms with Crippen molar-refractivity contribution in [2.45, 2.75) is 33.7 Å². The number of carbonyl (C=O) groups excluding carboxylic acids is 1. The lowest BCUT2D eigenvalue weighted by molar-refractivity contribution is 0.0930. The van der Waals surface area contributed by atoms with E-state index in [1.54, 1.807) is 11.3 Å². The van der Waals surface area contributed by atoms with Gasteiger partial charge in [0.25, 0.3) is 0 Å². The van der Waals surface area contributed by atoms with Crippen LogP contribution < -0.4 is 0 Å². The van der Waals surface area contributed by atoms with Gasteiger partial charge in [0.2, 0.25) is 0 Å². The smallest absolute Gasteiger partial charge is 0.409 e. The Morgan fingerprint density at radius 1 is 1.19 bits per heavy atom. The lowest BCUT2D eigenvalue weighted by Crippen LogP contribution is -2.36. The molecule has 146 valence electrons. The Hall–Kier alpha value is -1.92. The number of thiazole rings is 1. The first kappa shape index (κ1) is 19.8. The molecule has 0 saturated carbocycles. The predicted octanol–water partition coefficient (Wildman–Crippen LogP) is 4.42. The predicted molar refractivity (Wildman–Crippen MR) is 110 cm³/mol. The molecule has 1 amide bonds. The highest BCUT2D eigenvalue weighted by atomic mass is 32.1. The van der Waals surface area contributed by atoms with E-state index >= 15 is 0 Å². The molecule has 3 rings (SSSR count). The molecule has 1 fully saturated rings. The zero-order chi connectivity index (χ0) is 19.2. The number of hydrogen-bond donors (Lipinski definition) is 0. The maximum Gasteiger partial charge on any atom is 0.409 e. The second-order valence-electron chi connectivity index (χ2n) is 7.60. The topological polar surface area (TPSA) is 45.7 Å². The van der Waals surface area contributed by atoms with Crippen LogP contribution in [0.1, 0.15) is 31.5 Å². The van der Waals surface area contributed by atoms with Crippen LogP contribution in [0.5, 0.6) is 0 Å². The number of ether oxygens (including phenoxy) is 1. The van der Waals surface area contributed by atoms with Gasteiger partial charge in [-0.3, -0.25) is 4.90 Å². The van der Waals surface area contributed by atoms with E-state index in [1.165, 1.54) is 11.1 Å². The molecule has 0 radical (unpaired) electrons. The molecular formula is C21H29N3O2S. The van der Waals surface area contributed by atoms with E-state index in [0.29, 0.717) is 19.1 Å². The van der Waals surface area contributed by atoms with E-state index in [9.17, 15) is 4.79 Å². The molecule has 1 saturated heterocycles. The van der Waals surface area contributed by atoms with Crippen molar-refractivity contribution in [2.75, 3.05) is 32.8 Å². The minimum atomic E-state index is -0.180. The number of amides is 1. The molecule has 0 aliphatic carbocycles. The summed E-state index contributed by atoms with van der Waals surface area (Å²) in [5.41, 5.74) is 3.54. The van der Waals surface area contributed by atoms with Crippen molar-refractivity contribution < 1.29 is 9.53 Å². The Labute approximate surface area is 166 Å². The number of rotatable bonds is 5. The number of aromatic nitrogens is 1. The molecule has 27 heavy (non-hydrogen) atoms. The zero-order valence-electron chi connectivity index (χ0n) is 16.5. The Balaban J connectivity index is 1.53. The van der Waals surface area contributed by atoms with Gasteiger partial charge >= 0.3 is 6.09 Å². The molecule has 5 nitrogen and oxygen atoms in total. The molecule has 6 heteroatoms. The molecule has 0 unspecified atom stereocenters. The van der Waals surface area contributed by atoms with Gasteiger partial charge in [-0.05, 0) is 19.3 Å². The van der Waals surface area contributed by atoms with Gasteiger partial charge in [-0.1, -0.05) is 43.7 Å². The van der Waals surface area contributed by atoms with Crippen LogP contribution in [0.4, 0.5) is 4.79 Å². The van der Waals surface area contributed by atoms with Crippen molar-refractivity contribution in [3.8, 4) is 10.6 Å². The van der Waals surface area contributed by atoms with Gasteiger partial charge in [-0.25, -0.2) is 9.78 Å². The average molecular weight is 388 g/mol. The lowest BCUT2D eigenvalue weighted by atomic mass is 10.2. The van der Waals surface area contributed by atoms with E-state index in [0.717, 1.165) is 43.3 Å². The zero-order valence-corrected chi connectivity index (χ0v) is 17.3. The van der Waals surface area contributed by atoms with E-state index in [-0.39, 0.29) is 6.09 Å². The third kappa shape index (κ3) is 5.78. The second-order valence-corrected chi connectivity index (χ2v) is 8.46. The van der Waals surface area contributed by atoms with Crippen LogP contribution >= 0.6 is 11.3 Å². The maximum absolute atomic E-state index is 12.2. The summed E-state index contributed by atoms with van der Waals surface area (Å²) in [6.07, 6.45) is 0.784. The summed E-state index contributed by atoms with van der Waals surface area (Å²) in [4.78, 5) is 21.2. The van der Waals surface area contributed by atoms with E-state index < -0.39 is 0 Å². The minimum absolute atomic E-state index is 0.180. The minimum Gasteiger partial charge on any atom is -0.449 e. The normalized spacial score (nSPS) is 15.8. The van der Waals surface area contributed by atoms with Gasteiger partial charge in [0.1, 0.15) is 5.01 Å². The average Bonchev–Trinajstić information content (AvgIpc) is 2.98. The number of hydrogen-bond acceptors (Lipinski definition) is 5. The van der Waals surface area contributed by atoms with Gasteiger partial charge in [0.15, 0.2) is 0 Å². The Bertz CT molecular complexity index is 742. The molecule has 2 aromatic rings. The largest absolute Gasteiger partial charge is 0.449 e. The molecule has 2 heterocycles. The van der Waals surface area contributed by atoms with Crippen LogP contribution in [0.2, 0.25) is 0 Å². The first-order valence-corrected chi connectivity index (χ1v) is 10.5. The molecule has 0 spiro atoms. The van der Waals surface area contributed by atoms with Crippen LogP contribution in [-0.4, -0.2) is 53.7 Å². The fraction of sp³-hybridized carbons (Fsp3) is 0.524. The fourth-order valence-corrected chi connectivity index (χ4v) is 3.90. The lowest BCUT2D eigenvalue weighted by Gasteiger charge is -2.21. The van der Waals surface area contributed by atoms with Crippen molar-refractivity contribution in [3.63, 3.8) is 0 Å². The molecule has 0 N–H and O–H groups in total. The third-order valence-electron chi connectivity index (χ3n) is 4.62. The van der Waals surface area contributed by atoms with Crippen molar-refractivity contribution in [1.29, 1.82) is 0 Å². The van der Waals surface area contributed by atoms with Crippen molar-refractivity contribution in [3.05, 3.63) is 40.9 Å². The number of carbonyl (C=O) groups is 1. The maximum atomic E-state index is 12.2. The van der Waals surface area contributed by atoms with Gasteiger partial charge < -0.3 is 9.64 Å². The van der Waals surface area contributed by atoms with Crippen LogP contribution in [0.15, 0.2) is 29.6 Å². The van der Waals surface area contributed by atoms with Gasteiger partial charge in [0, 0.05) is 43.7 Å².